The van der Waals surface area contributed by atoms with Gasteiger partial charge >= 0.3 is 0 Å². The van der Waals surface area contributed by atoms with Gasteiger partial charge in [0.2, 0.25) is 11.7 Å². The Hall–Kier alpha value is -3.59. The quantitative estimate of drug-likeness (QED) is 0.349. The van der Waals surface area contributed by atoms with Gasteiger partial charge in [-0.05, 0) is 38.1 Å². The van der Waals surface area contributed by atoms with Crippen molar-refractivity contribution in [3.8, 4) is 34.4 Å². The molecule has 5 rings (SSSR count). The topological polar surface area (TPSA) is 95.7 Å². The van der Waals surface area contributed by atoms with E-state index < -0.39 is 0 Å². The van der Waals surface area contributed by atoms with E-state index in [2.05, 4.69) is 41.4 Å². The molecule has 0 aliphatic rings. The molecule has 3 aromatic heterocycles. The highest BCUT2D eigenvalue weighted by Crippen LogP contribution is 2.26. The second kappa shape index (κ2) is 7.92. The van der Waals surface area contributed by atoms with Crippen LogP contribution in [0.25, 0.3) is 34.4 Å². The van der Waals surface area contributed by atoms with Crippen molar-refractivity contribution >= 4 is 15.9 Å². The normalized spacial score (nSPS) is 11.2. The van der Waals surface area contributed by atoms with E-state index in [-0.39, 0.29) is 0 Å². The van der Waals surface area contributed by atoms with Crippen LogP contribution in [0.3, 0.4) is 0 Å². The van der Waals surface area contributed by atoms with Gasteiger partial charge < -0.3 is 8.94 Å². The van der Waals surface area contributed by atoms with Crippen molar-refractivity contribution in [1.82, 2.24) is 30.1 Å². The van der Waals surface area contributed by atoms with Gasteiger partial charge in [-0.2, -0.15) is 4.98 Å². The molecular formula is C22H17BrN6O2. The SMILES string of the molecule is Cc1oc(-c2ccccc2)nc1Cn1nnc(-c2nc(-c3cccc(Br)c3)no2)c1C. The fourth-order valence-corrected chi connectivity index (χ4v) is 3.59. The number of benzene rings is 2. The summed E-state index contributed by atoms with van der Waals surface area (Å²) in [5.41, 5.74) is 3.91. The van der Waals surface area contributed by atoms with Crippen molar-refractivity contribution in [3.05, 3.63) is 76.2 Å². The standard InChI is InChI=1S/C22H17BrN6O2/c1-13-19(22-25-20(27-31-22)16-9-6-10-17(23)11-16)26-28-29(13)12-18-14(2)30-21(24-18)15-7-4-3-5-8-15/h3-11H,12H2,1-2H3. The Bertz CT molecular complexity index is 1360. The summed E-state index contributed by atoms with van der Waals surface area (Å²) in [6, 6.07) is 17.5. The molecule has 0 fully saturated rings. The van der Waals surface area contributed by atoms with Crippen LogP contribution >= 0.6 is 15.9 Å². The molecule has 0 N–H and O–H groups in total. The minimum absolute atomic E-state index is 0.320. The molecule has 0 saturated heterocycles. The summed E-state index contributed by atoms with van der Waals surface area (Å²) in [7, 11) is 0. The second-order valence-electron chi connectivity index (χ2n) is 7.00. The monoisotopic (exact) mass is 476 g/mol. The van der Waals surface area contributed by atoms with Crippen LogP contribution in [0.15, 0.2) is 68.0 Å². The van der Waals surface area contributed by atoms with Gasteiger partial charge in [-0.15, -0.1) is 5.10 Å². The van der Waals surface area contributed by atoms with Gasteiger partial charge in [-0.25, -0.2) is 9.67 Å². The average Bonchev–Trinajstić information content (AvgIpc) is 3.49. The van der Waals surface area contributed by atoms with Crippen LogP contribution in [-0.4, -0.2) is 30.1 Å². The minimum Gasteiger partial charge on any atom is -0.441 e. The van der Waals surface area contributed by atoms with Gasteiger partial charge in [-0.3, -0.25) is 0 Å². The molecule has 2 aromatic carbocycles. The third-order valence-electron chi connectivity index (χ3n) is 4.91. The first-order chi connectivity index (χ1) is 15.1. The lowest BCUT2D eigenvalue weighted by Gasteiger charge is -2.00. The lowest BCUT2D eigenvalue weighted by molar-refractivity contribution is 0.430. The number of aromatic nitrogens is 6. The molecule has 5 aromatic rings. The van der Waals surface area contributed by atoms with E-state index in [1.807, 2.05) is 68.4 Å². The number of nitrogens with zero attached hydrogens (tertiary/aromatic N) is 6. The molecule has 9 heteroatoms. The van der Waals surface area contributed by atoms with Gasteiger partial charge in [0.05, 0.1) is 12.2 Å². The van der Waals surface area contributed by atoms with Crippen molar-refractivity contribution in [1.29, 1.82) is 0 Å². The molecule has 31 heavy (non-hydrogen) atoms. The molecule has 0 radical (unpaired) electrons. The molecule has 0 spiro atoms. The Balaban J connectivity index is 1.41. The van der Waals surface area contributed by atoms with Crippen LogP contribution in [0, 0.1) is 13.8 Å². The van der Waals surface area contributed by atoms with Crippen LogP contribution < -0.4 is 0 Å². The number of hydrogen-bond donors (Lipinski definition) is 0. The number of hydrogen-bond acceptors (Lipinski definition) is 7. The summed E-state index contributed by atoms with van der Waals surface area (Å²) in [5.74, 6) is 2.14. The Kier molecular flexibility index (Phi) is 4.95. The molecular weight excluding hydrogens is 460 g/mol. The maximum atomic E-state index is 5.85. The first-order valence-corrected chi connectivity index (χ1v) is 10.4. The lowest BCUT2D eigenvalue weighted by Crippen LogP contribution is -2.05. The number of oxazole rings is 1. The first-order valence-electron chi connectivity index (χ1n) is 9.60. The summed E-state index contributed by atoms with van der Waals surface area (Å²) in [5, 5.41) is 12.6. The highest BCUT2D eigenvalue weighted by molar-refractivity contribution is 9.10. The highest BCUT2D eigenvalue weighted by Gasteiger charge is 2.20. The molecule has 0 aliphatic heterocycles. The van der Waals surface area contributed by atoms with E-state index in [1.54, 1.807) is 4.68 Å². The summed E-state index contributed by atoms with van der Waals surface area (Å²) in [6.07, 6.45) is 0. The second-order valence-corrected chi connectivity index (χ2v) is 7.92. The number of aryl methyl sites for hydroxylation is 1. The van der Waals surface area contributed by atoms with Gasteiger partial charge in [0, 0.05) is 15.6 Å². The predicted octanol–water partition coefficient (Wildman–Crippen LogP) is 5.08. The van der Waals surface area contributed by atoms with Crippen LogP contribution in [0.5, 0.6) is 0 Å². The zero-order valence-corrected chi connectivity index (χ0v) is 18.4. The lowest BCUT2D eigenvalue weighted by atomic mass is 10.2. The summed E-state index contributed by atoms with van der Waals surface area (Å²) in [6.45, 7) is 4.23. The van der Waals surface area contributed by atoms with E-state index >= 15 is 0 Å². The fourth-order valence-electron chi connectivity index (χ4n) is 3.19. The Morgan fingerprint density at radius 3 is 2.55 bits per heavy atom. The summed E-state index contributed by atoms with van der Waals surface area (Å²) < 4.78 is 14.0. The van der Waals surface area contributed by atoms with E-state index in [0.717, 1.165) is 32.7 Å². The highest BCUT2D eigenvalue weighted by atomic mass is 79.9. The molecule has 0 aliphatic carbocycles. The van der Waals surface area contributed by atoms with Crippen LogP contribution in [-0.2, 0) is 6.54 Å². The van der Waals surface area contributed by atoms with Gasteiger partial charge in [0.15, 0.2) is 5.69 Å². The molecule has 0 saturated carbocycles. The van der Waals surface area contributed by atoms with Gasteiger partial charge in [0.1, 0.15) is 11.5 Å². The molecule has 8 nitrogen and oxygen atoms in total. The molecule has 0 unspecified atom stereocenters. The van der Waals surface area contributed by atoms with Crippen molar-refractivity contribution in [2.45, 2.75) is 20.4 Å². The molecule has 0 bridgehead atoms. The molecule has 0 amide bonds. The largest absolute Gasteiger partial charge is 0.441 e. The van der Waals surface area contributed by atoms with Crippen molar-refractivity contribution in [2.75, 3.05) is 0 Å². The maximum Gasteiger partial charge on any atom is 0.280 e. The average molecular weight is 477 g/mol. The molecule has 0 atom stereocenters. The Labute approximate surface area is 186 Å². The smallest absolute Gasteiger partial charge is 0.280 e. The van der Waals surface area contributed by atoms with Crippen molar-refractivity contribution in [2.24, 2.45) is 0 Å². The maximum absolute atomic E-state index is 5.85. The molecule has 154 valence electrons. The third-order valence-corrected chi connectivity index (χ3v) is 5.40. The first kappa shape index (κ1) is 19.4. The van der Waals surface area contributed by atoms with E-state index in [9.17, 15) is 0 Å². The zero-order chi connectivity index (χ0) is 21.4. The third kappa shape index (κ3) is 3.79. The van der Waals surface area contributed by atoms with E-state index in [1.165, 1.54) is 0 Å². The Morgan fingerprint density at radius 2 is 1.74 bits per heavy atom. The summed E-state index contributed by atoms with van der Waals surface area (Å²) in [4.78, 5) is 9.13. The number of rotatable bonds is 5. The van der Waals surface area contributed by atoms with Crippen molar-refractivity contribution < 1.29 is 8.94 Å². The molecule has 3 heterocycles. The van der Waals surface area contributed by atoms with E-state index in [0.29, 0.717) is 29.8 Å². The van der Waals surface area contributed by atoms with Gasteiger partial charge in [-0.1, -0.05) is 56.6 Å². The van der Waals surface area contributed by atoms with Crippen molar-refractivity contribution in [3.63, 3.8) is 0 Å². The van der Waals surface area contributed by atoms with E-state index in [4.69, 9.17) is 8.94 Å². The summed E-state index contributed by atoms with van der Waals surface area (Å²) >= 11 is 3.45. The fraction of sp³-hybridized carbons (Fsp3) is 0.136. The predicted molar refractivity (Wildman–Crippen MR) is 117 cm³/mol. The minimum atomic E-state index is 0.320. The van der Waals surface area contributed by atoms with Crippen LogP contribution in [0.4, 0.5) is 0 Å². The zero-order valence-electron chi connectivity index (χ0n) is 16.8. The van der Waals surface area contributed by atoms with Gasteiger partial charge in [0.25, 0.3) is 5.89 Å². The number of halogens is 1. The van der Waals surface area contributed by atoms with Crippen LogP contribution in [0.1, 0.15) is 17.1 Å². The Morgan fingerprint density at radius 1 is 0.935 bits per heavy atom. The van der Waals surface area contributed by atoms with Crippen LogP contribution in [0.2, 0.25) is 0 Å².